The van der Waals surface area contributed by atoms with Crippen LogP contribution in [-0.2, 0) is 19.2 Å². The molecule has 0 bridgehead atoms. The number of carbonyl (C=O) groups is 4. The normalized spacial score (nSPS) is 10.6. The summed E-state index contributed by atoms with van der Waals surface area (Å²) in [6.45, 7) is 20.6. The lowest BCUT2D eigenvalue weighted by molar-refractivity contribution is -0.131. The van der Waals surface area contributed by atoms with Crippen molar-refractivity contribution >= 4 is 36.0 Å². The van der Waals surface area contributed by atoms with E-state index in [4.69, 9.17) is 18.9 Å². The van der Waals surface area contributed by atoms with Gasteiger partial charge in [0, 0.05) is 34.4 Å². The third kappa shape index (κ3) is 9.98. The second kappa shape index (κ2) is 16.0. The minimum absolute atomic E-state index is 0.201. The standard InChI is InChI=1S/C42H36O8/c1-25(2)39(43)47-35-19-30(20-36(23-35)48-40(44)26(3)4)10-9-29-11-13-31(14-12-29)32-15-17-33(18-16-32)34-21-37(49-41(45)27(5)6)24-38(22-34)50-42(46)28(7)8/h9-24H,1,3,5,7H2,2,4,6,8H3. The van der Waals surface area contributed by atoms with Crippen LogP contribution in [0.5, 0.6) is 23.0 Å². The SMILES string of the molecule is C=C(C)C(=O)Oc1cc(C=Cc2ccc(-c3ccc(-c4cc(OC(=O)C(=C)C)cc(OC(=O)C(=C)C)c4)cc3)cc2)cc(OC(=O)C(=C)C)c1. The molecule has 0 amide bonds. The highest BCUT2D eigenvalue weighted by molar-refractivity contribution is 5.91. The van der Waals surface area contributed by atoms with Gasteiger partial charge >= 0.3 is 23.9 Å². The van der Waals surface area contributed by atoms with Crippen LogP contribution in [0, 0.1) is 0 Å². The number of ether oxygens (including phenoxy) is 4. The molecule has 0 spiro atoms. The van der Waals surface area contributed by atoms with E-state index in [1.165, 1.54) is 12.1 Å². The first-order chi connectivity index (χ1) is 23.7. The highest BCUT2D eigenvalue weighted by Crippen LogP contribution is 2.33. The molecule has 0 aliphatic rings. The van der Waals surface area contributed by atoms with E-state index in [0.717, 1.165) is 22.3 Å². The molecule has 0 atom stereocenters. The van der Waals surface area contributed by atoms with E-state index in [-0.39, 0.29) is 45.3 Å². The Morgan fingerprint density at radius 3 is 1.02 bits per heavy atom. The first kappa shape index (κ1) is 36.3. The van der Waals surface area contributed by atoms with Gasteiger partial charge in [-0.15, -0.1) is 0 Å². The fraction of sp³-hybridized carbons (Fsp3) is 0.0952. The summed E-state index contributed by atoms with van der Waals surface area (Å²) >= 11 is 0. The smallest absolute Gasteiger partial charge is 0.338 e. The van der Waals surface area contributed by atoms with E-state index in [1.54, 1.807) is 52.0 Å². The van der Waals surface area contributed by atoms with E-state index in [0.29, 0.717) is 11.1 Å². The molecule has 0 radical (unpaired) electrons. The fourth-order valence-corrected chi connectivity index (χ4v) is 4.27. The molecule has 0 aliphatic carbocycles. The Bertz CT molecular complexity index is 1970. The van der Waals surface area contributed by atoms with E-state index >= 15 is 0 Å². The van der Waals surface area contributed by atoms with E-state index in [9.17, 15) is 19.2 Å². The first-order valence-corrected chi connectivity index (χ1v) is 15.4. The molecule has 8 heteroatoms. The van der Waals surface area contributed by atoms with Crippen LogP contribution in [0.3, 0.4) is 0 Å². The summed E-state index contributed by atoms with van der Waals surface area (Å²) in [6.07, 6.45) is 3.69. The minimum atomic E-state index is -0.599. The van der Waals surface area contributed by atoms with Gasteiger partial charge in [-0.2, -0.15) is 0 Å². The molecule has 0 aliphatic heterocycles. The van der Waals surface area contributed by atoms with Crippen molar-refractivity contribution in [1.29, 1.82) is 0 Å². The molecule has 0 saturated heterocycles. The Morgan fingerprint density at radius 1 is 0.400 bits per heavy atom. The van der Waals surface area contributed by atoms with Crippen molar-refractivity contribution in [3.05, 3.63) is 145 Å². The Labute approximate surface area is 291 Å². The molecule has 4 aromatic carbocycles. The van der Waals surface area contributed by atoms with Crippen LogP contribution < -0.4 is 18.9 Å². The molecule has 0 fully saturated rings. The average molecular weight is 669 g/mol. The number of carbonyl (C=O) groups excluding carboxylic acids is 4. The number of rotatable bonds is 12. The maximum atomic E-state index is 12.2. The van der Waals surface area contributed by atoms with Gasteiger partial charge in [-0.05, 0) is 85.3 Å². The van der Waals surface area contributed by atoms with Gasteiger partial charge in [0.1, 0.15) is 23.0 Å². The molecule has 8 nitrogen and oxygen atoms in total. The Morgan fingerprint density at radius 2 is 0.680 bits per heavy atom. The summed E-state index contributed by atoms with van der Waals surface area (Å²) in [5.74, 6) is -1.58. The van der Waals surface area contributed by atoms with Crippen LogP contribution in [0.15, 0.2) is 134 Å². The van der Waals surface area contributed by atoms with Crippen LogP contribution in [0.1, 0.15) is 38.8 Å². The van der Waals surface area contributed by atoms with Crippen LogP contribution in [-0.4, -0.2) is 23.9 Å². The first-order valence-electron chi connectivity index (χ1n) is 15.4. The summed E-state index contributed by atoms with van der Waals surface area (Å²) in [6, 6.07) is 25.2. The van der Waals surface area contributed by atoms with Crippen molar-refractivity contribution in [2.75, 3.05) is 0 Å². The van der Waals surface area contributed by atoms with Crippen molar-refractivity contribution < 1.29 is 38.1 Å². The molecule has 4 aromatic rings. The van der Waals surface area contributed by atoms with Crippen LogP contribution in [0.4, 0.5) is 0 Å². The largest absolute Gasteiger partial charge is 0.423 e. The van der Waals surface area contributed by atoms with Gasteiger partial charge in [-0.1, -0.05) is 87.0 Å². The van der Waals surface area contributed by atoms with E-state index in [1.807, 2.05) is 60.7 Å². The van der Waals surface area contributed by atoms with Crippen LogP contribution >= 0.6 is 0 Å². The molecule has 252 valence electrons. The summed E-state index contributed by atoms with van der Waals surface area (Å²) in [5, 5.41) is 0. The van der Waals surface area contributed by atoms with Crippen molar-refractivity contribution in [2.24, 2.45) is 0 Å². The Balaban J connectivity index is 1.55. The molecule has 0 N–H and O–H groups in total. The second-order valence-corrected chi connectivity index (χ2v) is 11.6. The fourth-order valence-electron chi connectivity index (χ4n) is 4.27. The van der Waals surface area contributed by atoms with Crippen molar-refractivity contribution in [2.45, 2.75) is 27.7 Å². The zero-order valence-corrected chi connectivity index (χ0v) is 28.3. The topological polar surface area (TPSA) is 105 Å². The lowest BCUT2D eigenvalue weighted by Gasteiger charge is -2.12. The van der Waals surface area contributed by atoms with Crippen LogP contribution in [0.2, 0.25) is 0 Å². The summed E-state index contributed by atoms with van der Waals surface area (Å²) in [7, 11) is 0. The predicted octanol–water partition coefficient (Wildman–Crippen LogP) is 9.12. The van der Waals surface area contributed by atoms with Gasteiger partial charge in [0.25, 0.3) is 0 Å². The Hall–Kier alpha value is -6.54. The molecule has 0 aromatic heterocycles. The highest BCUT2D eigenvalue weighted by atomic mass is 16.6. The summed E-state index contributed by atoms with van der Waals surface area (Å²) < 4.78 is 21.6. The van der Waals surface area contributed by atoms with E-state index in [2.05, 4.69) is 26.3 Å². The predicted molar refractivity (Wildman–Crippen MR) is 194 cm³/mol. The monoisotopic (exact) mass is 668 g/mol. The Kier molecular flexibility index (Phi) is 11.6. The zero-order chi connectivity index (χ0) is 36.5. The maximum Gasteiger partial charge on any atom is 0.338 e. The van der Waals surface area contributed by atoms with Gasteiger partial charge in [-0.3, -0.25) is 0 Å². The van der Waals surface area contributed by atoms with Crippen molar-refractivity contribution in [3.63, 3.8) is 0 Å². The van der Waals surface area contributed by atoms with Crippen molar-refractivity contribution in [3.8, 4) is 45.3 Å². The molecule has 0 saturated carbocycles. The average Bonchev–Trinajstić information content (AvgIpc) is 3.07. The van der Waals surface area contributed by atoms with Gasteiger partial charge in [0.15, 0.2) is 0 Å². The molecule has 0 unspecified atom stereocenters. The molecule has 0 heterocycles. The van der Waals surface area contributed by atoms with Crippen molar-refractivity contribution in [1.82, 2.24) is 0 Å². The zero-order valence-electron chi connectivity index (χ0n) is 28.3. The molecule has 4 rings (SSSR count). The highest BCUT2D eigenvalue weighted by Gasteiger charge is 2.14. The van der Waals surface area contributed by atoms with Gasteiger partial charge in [0.05, 0.1) is 0 Å². The number of hydrogen-bond acceptors (Lipinski definition) is 8. The third-order valence-corrected chi connectivity index (χ3v) is 6.95. The summed E-state index contributed by atoms with van der Waals surface area (Å²) in [5.41, 5.74) is 5.85. The van der Waals surface area contributed by atoms with Gasteiger partial charge < -0.3 is 18.9 Å². The van der Waals surface area contributed by atoms with Gasteiger partial charge in [0.2, 0.25) is 0 Å². The molecule has 50 heavy (non-hydrogen) atoms. The van der Waals surface area contributed by atoms with Gasteiger partial charge in [-0.25, -0.2) is 19.2 Å². The van der Waals surface area contributed by atoms with Crippen LogP contribution in [0.25, 0.3) is 34.4 Å². The maximum absolute atomic E-state index is 12.2. The number of hydrogen-bond donors (Lipinski definition) is 0. The number of benzene rings is 4. The molecular weight excluding hydrogens is 632 g/mol. The minimum Gasteiger partial charge on any atom is -0.423 e. The lowest BCUT2D eigenvalue weighted by Crippen LogP contribution is -2.10. The third-order valence-electron chi connectivity index (χ3n) is 6.95. The lowest BCUT2D eigenvalue weighted by atomic mass is 9.99. The summed E-state index contributed by atoms with van der Waals surface area (Å²) in [4.78, 5) is 48.6. The second-order valence-electron chi connectivity index (χ2n) is 11.6. The quantitative estimate of drug-likeness (QED) is 0.0637. The van der Waals surface area contributed by atoms with E-state index < -0.39 is 23.9 Å². The number of esters is 4. The molecular formula is C42H36O8.